The van der Waals surface area contributed by atoms with Crippen LogP contribution in [0.4, 0.5) is 0 Å². The highest BCUT2D eigenvalue weighted by atomic mass is 35.5. The summed E-state index contributed by atoms with van der Waals surface area (Å²) in [6.45, 7) is 11.3. The van der Waals surface area contributed by atoms with Gasteiger partial charge in [0.2, 0.25) is 6.41 Å². The minimum Gasteiger partial charge on any atom is -0.458 e. The Morgan fingerprint density at radius 3 is 2.10 bits per heavy atom. The summed E-state index contributed by atoms with van der Waals surface area (Å²) in [6, 6.07) is 14.8. The van der Waals surface area contributed by atoms with E-state index >= 15 is 0 Å². The van der Waals surface area contributed by atoms with Crippen molar-refractivity contribution in [1.82, 2.24) is 9.80 Å². The Morgan fingerprint density at radius 1 is 1.05 bits per heavy atom. The number of aldehydes is 2. The van der Waals surface area contributed by atoms with Crippen molar-refractivity contribution in [1.29, 1.82) is 0 Å². The van der Waals surface area contributed by atoms with Gasteiger partial charge < -0.3 is 25.0 Å². The van der Waals surface area contributed by atoms with Crippen LogP contribution >= 0.6 is 11.6 Å². The molecule has 0 bridgehead atoms. The Balaban J connectivity index is 0. The number of nitrogens with two attached hydrogens (primary N) is 1. The molecule has 0 aliphatic carbocycles. The largest absolute Gasteiger partial charge is 0.458 e. The number of methoxy groups -OCH3 is 1. The fourth-order valence-electron chi connectivity index (χ4n) is 2.69. The van der Waals surface area contributed by atoms with Crippen molar-refractivity contribution in [2.24, 2.45) is 5.73 Å². The zero-order chi connectivity index (χ0) is 32.3. The third kappa shape index (κ3) is 20.7. The third-order valence-electron chi connectivity index (χ3n) is 4.98. The molecule has 0 unspecified atom stereocenters. The number of benzene rings is 2. The molecule has 0 spiro atoms. The van der Waals surface area contributed by atoms with Gasteiger partial charge >= 0.3 is 0 Å². The van der Waals surface area contributed by atoms with Gasteiger partial charge in [-0.05, 0) is 68.3 Å². The first kappa shape index (κ1) is 40.0. The molecule has 2 rings (SSSR count). The van der Waals surface area contributed by atoms with Crippen molar-refractivity contribution in [3.63, 3.8) is 0 Å². The lowest BCUT2D eigenvalue weighted by molar-refractivity contribution is -0.117. The monoisotopic (exact) mass is 599 g/mol. The number of hydrogen-bond acceptors (Lipinski definition) is 7. The number of halogens is 1. The van der Waals surface area contributed by atoms with Gasteiger partial charge in [-0.25, -0.2) is 0 Å². The Bertz CT molecular complexity index is 1140. The van der Waals surface area contributed by atoms with E-state index in [0.29, 0.717) is 28.9 Å². The summed E-state index contributed by atoms with van der Waals surface area (Å²) >= 11 is 5.92. The summed E-state index contributed by atoms with van der Waals surface area (Å²) in [6.07, 6.45) is 10.3. The molecule has 0 aromatic heterocycles. The first-order chi connectivity index (χ1) is 20.0. The number of carbonyl (C=O) groups excluding carboxylic acids is 3. The number of carbonyl (C=O) groups is 3. The van der Waals surface area contributed by atoms with Gasteiger partial charge in [-0.2, -0.15) is 0 Å². The molecule has 0 heterocycles. The molecule has 0 saturated carbocycles. The van der Waals surface area contributed by atoms with Gasteiger partial charge in [-0.15, -0.1) is 0 Å². The molecule has 0 radical (unpaired) electrons. The molecule has 2 N–H and O–H groups in total. The van der Waals surface area contributed by atoms with Crippen LogP contribution in [0.25, 0.3) is 0 Å². The van der Waals surface area contributed by atoms with Crippen LogP contribution in [0, 0.1) is 0 Å². The SMILES string of the molecule is C/C(C=O)=C\N.C=C(/C=C\C(=C/C)Oc1cccc(C=O)c1)N(C)Cc1ccc(Cl)cc1.CCCN(C)C=O.COC. The Morgan fingerprint density at radius 2 is 1.67 bits per heavy atom. The molecule has 2 aromatic rings. The van der Waals surface area contributed by atoms with Crippen LogP contribution in [0.2, 0.25) is 5.02 Å². The first-order valence-corrected chi connectivity index (χ1v) is 13.5. The second-order valence-corrected chi connectivity index (χ2v) is 9.25. The lowest BCUT2D eigenvalue weighted by atomic mass is 10.2. The zero-order valence-corrected chi connectivity index (χ0v) is 26.6. The number of nitrogens with zero attached hydrogens (tertiary/aromatic N) is 2. The molecule has 9 heteroatoms. The second kappa shape index (κ2) is 25.8. The van der Waals surface area contributed by atoms with Crippen LogP contribution < -0.4 is 10.5 Å². The van der Waals surface area contributed by atoms with E-state index < -0.39 is 0 Å². The fourth-order valence-corrected chi connectivity index (χ4v) is 2.82. The Labute approximate surface area is 256 Å². The highest BCUT2D eigenvalue weighted by Crippen LogP contribution is 2.17. The maximum atomic E-state index is 10.9. The molecule has 8 nitrogen and oxygen atoms in total. The Kier molecular flexibility index (Phi) is 24.6. The topological polar surface area (TPSA) is 102 Å². The molecule has 0 saturated heterocycles. The van der Waals surface area contributed by atoms with E-state index in [1.165, 1.54) is 6.20 Å². The average Bonchev–Trinajstić information content (AvgIpc) is 3.00. The van der Waals surface area contributed by atoms with E-state index in [4.69, 9.17) is 22.1 Å². The van der Waals surface area contributed by atoms with Crippen molar-refractivity contribution in [3.05, 3.63) is 113 Å². The Hall–Kier alpha value is -4.14. The second-order valence-electron chi connectivity index (χ2n) is 8.81. The lowest BCUT2D eigenvalue weighted by Crippen LogP contribution is -2.15. The third-order valence-corrected chi connectivity index (χ3v) is 5.23. The highest BCUT2D eigenvalue weighted by Gasteiger charge is 2.03. The van der Waals surface area contributed by atoms with E-state index in [1.807, 2.05) is 74.4 Å². The minimum absolute atomic E-state index is 0.565. The molecule has 0 aliphatic rings. The van der Waals surface area contributed by atoms with Crippen LogP contribution in [-0.2, 0) is 20.9 Å². The maximum Gasteiger partial charge on any atom is 0.209 e. The molecule has 42 heavy (non-hydrogen) atoms. The van der Waals surface area contributed by atoms with E-state index in [2.05, 4.69) is 11.3 Å². The van der Waals surface area contributed by atoms with Crippen molar-refractivity contribution >= 4 is 30.6 Å². The van der Waals surface area contributed by atoms with E-state index in [1.54, 1.807) is 51.3 Å². The predicted octanol–water partition coefficient (Wildman–Crippen LogP) is 6.43. The summed E-state index contributed by atoms with van der Waals surface area (Å²) in [5, 5.41) is 0.726. The van der Waals surface area contributed by atoms with E-state index in [-0.39, 0.29) is 0 Å². The van der Waals surface area contributed by atoms with Gasteiger partial charge in [0.15, 0.2) is 0 Å². The van der Waals surface area contributed by atoms with Gasteiger partial charge in [0.25, 0.3) is 0 Å². The van der Waals surface area contributed by atoms with Crippen LogP contribution in [0.3, 0.4) is 0 Å². The van der Waals surface area contributed by atoms with Crippen LogP contribution in [0.1, 0.15) is 43.1 Å². The van der Waals surface area contributed by atoms with Gasteiger partial charge in [0, 0.05) is 69.5 Å². The molecule has 0 aliphatic heterocycles. The van der Waals surface area contributed by atoms with Gasteiger partial charge in [-0.1, -0.05) is 49.4 Å². The smallest absolute Gasteiger partial charge is 0.209 e. The van der Waals surface area contributed by atoms with Crippen molar-refractivity contribution in [2.45, 2.75) is 33.7 Å². The summed E-state index contributed by atoms with van der Waals surface area (Å²) < 4.78 is 10.1. The summed E-state index contributed by atoms with van der Waals surface area (Å²) in [5.41, 5.74) is 8.04. The summed E-state index contributed by atoms with van der Waals surface area (Å²) in [4.78, 5) is 33.9. The standard InChI is InChI=1S/C22H22ClNO2.C5H11NO.C4H7NO.C2H6O/c1-4-21(26-22-7-5-6-19(14-22)16-25)13-8-17(2)24(3)15-18-9-11-20(23)12-10-18;1-3-4-6(2)5-7;1-4(2-5)3-6;1-3-2/h4-14,16H,2,15H2,1,3H3;5H,3-4H2,1-2H3;2-3H,5H2,1H3;1-2H3/b13-8-,21-4+;;4-2+;. The quantitative estimate of drug-likeness (QED) is 0.130. The molecule has 0 atom stereocenters. The number of hydrogen-bond donors (Lipinski definition) is 1. The molecule has 230 valence electrons. The van der Waals surface area contributed by atoms with Crippen molar-refractivity contribution < 1.29 is 23.9 Å². The van der Waals surface area contributed by atoms with Gasteiger partial charge in [0.1, 0.15) is 24.1 Å². The average molecular weight is 600 g/mol. The minimum atomic E-state index is 0.565. The zero-order valence-electron chi connectivity index (χ0n) is 25.9. The highest BCUT2D eigenvalue weighted by molar-refractivity contribution is 6.30. The summed E-state index contributed by atoms with van der Waals surface area (Å²) in [7, 11) is 7.00. The first-order valence-electron chi connectivity index (χ1n) is 13.2. The fraction of sp³-hybridized carbons (Fsp3) is 0.303. The summed E-state index contributed by atoms with van der Waals surface area (Å²) in [5.74, 6) is 1.29. The number of allylic oxidation sites excluding steroid dienone is 4. The van der Waals surface area contributed by atoms with Crippen LogP contribution in [0.5, 0.6) is 5.75 Å². The maximum absolute atomic E-state index is 10.9. The normalized spacial score (nSPS) is 10.5. The van der Waals surface area contributed by atoms with Crippen LogP contribution in [0.15, 0.2) is 96.6 Å². The van der Waals surface area contributed by atoms with Gasteiger partial charge in [0.05, 0.1) is 0 Å². The predicted molar refractivity (Wildman–Crippen MR) is 173 cm³/mol. The molecule has 0 fully saturated rings. The molecule has 2 aromatic carbocycles. The van der Waals surface area contributed by atoms with Gasteiger partial charge in [-0.3, -0.25) is 14.4 Å². The molecule has 1 amide bonds. The number of amides is 1. The number of ether oxygens (including phenoxy) is 2. The van der Waals surface area contributed by atoms with Crippen molar-refractivity contribution in [3.8, 4) is 5.75 Å². The molecular formula is C33H46ClN3O5. The number of likely N-dealkylation sites (N-methyl/N-ethyl adjacent to an activating group) is 1. The van der Waals surface area contributed by atoms with E-state index in [0.717, 1.165) is 48.5 Å². The van der Waals surface area contributed by atoms with Crippen LogP contribution in [-0.4, -0.2) is 63.6 Å². The van der Waals surface area contributed by atoms with E-state index in [9.17, 15) is 14.4 Å². The van der Waals surface area contributed by atoms with Crippen molar-refractivity contribution in [2.75, 3.05) is 34.9 Å². The number of rotatable bonds is 12. The molecular weight excluding hydrogens is 554 g/mol. The lowest BCUT2D eigenvalue weighted by Gasteiger charge is -2.19.